The molecule has 1 aliphatic heterocycles. The molecule has 3 heteroatoms. The van der Waals surface area contributed by atoms with Crippen LogP contribution in [0.2, 0.25) is 0 Å². The fourth-order valence-corrected chi connectivity index (χ4v) is 2.98. The van der Waals surface area contributed by atoms with E-state index in [1.54, 1.807) is 0 Å². The van der Waals surface area contributed by atoms with Gasteiger partial charge in [0.2, 0.25) is 5.91 Å². The van der Waals surface area contributed by atoms with Crippen LogP contribution in [0.3, 0.4) is 0 Å². The van der Waals surface area contributed by atoms with Crippen molar-refractivity contribution in [1.82, 2.24) is 10.6 Å². The highest BCUT2D eigenvalue weighted by molar-refractivity contribution is 5.76. The van der Waals surface area contributed by atoms with Gasteiger partial charge in [-0.3, -0.25) is 4.79 Å². The van der Waals surface area contributed by atoms with E-state index in [-0.39, 0.29) is 11.8 Å². The fraction of sp³-hybridized carbons (Fsp3) is 0.588. The Kier molecular flexibility index (Phi) is 5.60. The third kappa shape index (κ3) is 4.34. The van der Waals surface area contributed by atoms with Crippen molar-refractivity contribution in [1.29, 1.82) is 0 Å². The molecule has 0 bridgehead atoms. The Bertz CT molecular complexity index is 438. The molecule has 0 spiro atoms. The SMILES string of the molecule is Cc1ccccc1C(C)CC(=O)NCCC1CCNC1. The standard InChI is InChI=1S/C17H26N2O/c1-13-5-3-4-6-16(13)14(2)11-17(20)19-10-8-15-7-9-18-12-15/h3-6,14-15,18H,7-12H2,1-2H3,(H,19,20). The Morgan fingerprint density at radius 2 is 2.25 bits per heavy atom. The van der Waals surface area contributed by atoms with Crippen LogP contribution in [-0.4, -0.2) is 25.5 Å². The number of hydrogen-bond donors (Lipinski definition) is 2. The molecule has 2 N–H and O–H groups in total. The van der Waals surface area contributed by atoms with E-state index < -0.39 is 0 Å². The minimum Gasteiger partial charge on any atom is -0.356 e. The molecule has 0 aromatic heterocycles. The molecule has 110 valence electrons. The van der Waals surface area contributed by atoms with E-state index in [0.29, 0.717) is 6.42 Å². The number of aryl methyl sites for hydroxylation is 1. The maximum absolute atomic E-state index is 12.0. The predicted molar refractivity (Wildman–Crippen MR) is 82.8 cm³/mol. The van der Waals surface area contributed by atoms with E-state index in [1.165, 1.54) is 17.5 Å². The molecule has 1 saturated heterocycles. The van der Waals surface area contributed by atoms with Gasteiger partial charge in [0.15, 0.2) is 0 Å². The van der Waals surface area contributed by atoms with E-state index in [4.69, 9.17) is 0 Å². The number of amides is 1. The van der Waals surface area contributed by atoms with Crippen LogP contribution in [-0.2, 0) is 4.79 Å². The summed E-state index contributed by atoms with van der Waals surface area (Å²) in [7, 11) is 0. The summed E-state index contributed by atoms with van der Waals surface area (Å²) in [5.41, 5.74) is 2.55. The second-order valence-corrected chi connectivity index (χ2v) is 5.96. The molecule has 1 aromatic carbocycles. The Morgan fingerprint density at radius 1 is 1.45 bits per heavy atom. The van der Waals surface area contributed by atoms with Gasteiger partial charge in [-0.15, -0.1) is 0 Å². The summed E-state index contributed by atoms with van der Waals surface area (Å²) < 4.78 is 0. The lowest BCUT2D eigenvalue weighted by molar-refractivity contribution is -0.121. The maximum Gasteiger partial charge on any atom is 0.220 e. The first-order valence-electron chi connectivity index (χ1n) is 7.69. The van der Waals surface area contributed by atoms with Crippen LogP contribution >= 0.6 is 0 Å². The van der Waals surface area contributed by atoms with Crippen LogP contribution in [0.5, 0.6) is 0 Å². The molecule has 1 aliphatic rings. The number of carbonyl (C=O) groups is 1. The van der Waals surface area contributed by atoms with Gasteiger partial charge in [0.25, 0.3) is 0 Å². The molecule has 3 nitrogen and oxygen atoms in total. The number of carbonyl (C=O) groups excluding carboxylic acids is 1. The molecule has 2 rings (SSSR count). The van der Waals surface area contributed by atoms with Crippen LogP contribution in [0, 0.1) is 12.8 Å². The van der Waals surface area contributed by atoms with E-state index >= 15 is 0 Å². The second kappa shape index (κ2) is 7.44. The third-order valence-electron chi connectivity index (χ3n) is 4.25. The number of hydrogen-bond acceptors (Lipinski definition) is 2. The van der Waals surface area contributed by atoms with Crippen molar-refractivity contribution < 1.29 is 4.79 Å². The molecule has 1 fully saturated rings. The Balaban J connectivity index is 1.72. The Labute approximate surface area is 122 Å². The normalized spacial score (nSPS) is 19.8. The van der Waals surface area contributed by atoms with Gasteiger partial charge in [0.1, 0.15) is 0 Å². The first kappa shape index (κ1) is 15.0. The van der Waals surface area contributed by atoms with Crippen LogP contribution < -0.4 is 10.6 Å². The first-order chi connectivity index (χ1) is 9.66. The van der Waals surface area contributed by atoms with Crippen molar-refractivity contribution in [3.63, 3.8) is 0 Å². The van der Waals surface area contributed by atoms with E-state index in [9.17, 15) is 4.79 Å². The van der Waals surface area contributed by atoms with Gasteiger partial charge in [-0.2, -0.15) is 0 Å². The molecule has 1 amide bonds. The molecular weight excluding hydrogens is 248 g/mol. The largest absolute Gasteiger partial charge is 0.356 e. The highest BCUT2D eigenvalue weighted by atomic mass is 16.1. The topological polar surface area (TPSA) is 41.1 Å². The highest BCUT2D eigenvalue weighted by Gasteiger charge is 2.15. The molecule has 0 radical (unpaired) electrons. The Hall–Kier alpha value is -1.35. The van der Waals surface area contributed by atoms with Gasteiger partial charge < -0.3 is 10.6 Å². The number of benzene rings is 1. The van der Waals surface area contributed by atoms with Crippen LogP contribution in [0.1, 0.15) is 43.2 Å². The van der Waals surface area contributed by atoms with Crippen LogP contribution in [0.4, 0.5) is 0 Å². The summed E-state index contributed by atoms with van der Waals surface area (Å²) in [6, 6.07) is 8.32. The second-order valence-electron chi connectivity index (χ2n) is 5.96. The summed E-state index contributed by atoms with van der Waals surface area (Å²) in [5, 5.41) is 6.42. The summed E-state index contributed by atoms with van der Waals surface area (Å²) in [5.74, 6) is 1.19. The monoisotopic (exact) mass is 274 g/mol. The van der Waals surface area contributed by atoms with Gasteiger partial charge in [-0.25, -0.2) is 0 Å². The van der Waals surface area contributed by atoms with Crippen molar-refractivity contribution >= 4 is 5.91 Å². The van der Waals surface area contributed by atoms with Crippen molar-refractivity contribution in [3.8, 4) is 0 Å². The van der Waals surface area contributed by atoms with Gasteiger partial charge in [0, 0.05) is 13.0 Å². The molecule has 2 atom stereocenters. The number of rotatable bonds is 6. The maximum atomic E-state index is 12.0. The zero-order chi connectivity index (χ0) is 14.4. The third-order valence-corrected chi connectivity index (χ3v) is 4.25. The lowest BCUT2D eigenvalue weighted by Crippen LogP contribution is -2.27. The minimum absolute atomic E-state index is 0.173. The van der Waals surface area contributed by atoms with Crippen molar-refractivity contribution in [2.24, 2.45) is 5.92 Å². The average molecular weight is 274 g/mol. The van der Waals surface area contributed by atoms with E-state index in [1.807, 2.05) is 12.1 Å². The van der Waals surface area contributed by atoms with Crippen molar-refractivity contribution in [3.05, 3.63) is 35.4 Å². The van der Waals surface area contributed by atoms with Gasteiger partial charge in [0.05, 0.1) is 0 Å². The first-order valence-corrected chi connectivity index (χ1v) is 7.69. The summed E-state index contributed by atoms with van der Waals surface area (Å²) in [4.78, 5) is 12.0. The van der Waals surface area contributed by atoms with Gasteiger partial charge >= 0.3 is 0 Å². The van der Waals surface area contributed by atoms with Gasteiger partial charge in [-0.1, -0.05) is 31.2 Å². The molecule has 2 unspecified atom stereocenters. The summed E-state index contributed by atoms with van der Waals surface area (Å²) >= 11 is 0. The molecular formula is C17H26N2O. The van der Waals surface area contributed by atoms with E-state index in [0.717, 1.165) is 32.0 Å². The zero-order valence-electron chi connectivity index (χ0n) is 12.6. The zero-order valence-corrected chi connectivity index (χ0v) is 12.6. The van der Waals surface area contributed by atoms with Crippen LogP contribution in [0.15, 0.2) is 24.3 Å². The smallest absolute Gasteiger partial charge is 0.220 e. The molecule has 0 saturated carbocycles. The van der Waals surface area contributed by atoms with E-state index in [2.05, 4.69) is 36.6 Å². The Morgan fingerprint density at radius 3 is 2.95 bits per heavy atom. The lowest BCUT2D eigenvalue weighted by Gasteiger charge is -2.15. The van der Waals surface area contributed by atoms with Crippen molar-refractivity contribution in [2.45, 2.75) is 39.0 Å². The quantitative estimate of drug-likeness (QED) is 0.837. The fourth-order valence-electron chi connectivity index (χ4n) is 2.98. The lowest BCUT2D eigenvalue weighted by atomic mass is 9.93. The summed E-state index contributed by atoms with van der Waals surface area (Å²) in [6.45, 7) is 7.28. The number of nitrogens with one attached hydrogen (secondary N) is 2. The molecule has 20 heavy (non-hydrogen) atoms. The average Bonchev–Trinajstić information content (AvgIpc) is 2.92. The predicted octanol–water partition coefficient (Wildman–Crippen LogP) is 2.60. The van der Waals surface area contributed by atoms with Crippen molar-refractivity contribution in [2.75, 3.05) is 19.6 Å². The van der Waals surface area contributed by atoms with Crippen LogP contribution in [0.25, 0.3) is 0 Å². The highest BCUT2D eigenvalue weighted by Crippen LogP contribution is 2.22. The molecule has 1 heterocycles. The van der Waals surface area contributed by atoms with Gasteiger partial charge in [-0.05, 0) is 55.8 Å². The molecule has 1 aromatic rings. The minimum atomic E-state index is 0.173. The molecule has 0 aliphatic carbocycles. The summed E-state index contributed by atoms with van der Waals surface area (Å²) in [6.07, 6.45) is 2.92.